The summed E-state index contributed by atoms with van der Waals surface area (Å²) in [5.41, 5.74) is 12.8. The number of nitrogens with zero attached hydrogens (tertiary/aromatic N) is 5. The van der Waals surface area contributed by atoms with E-state index in [1.807, 2.05) is 12.1 Å². The summed E-state index contributed by atoms with van der Waals surface area (Å²) in [5, 5.41) is 5.63. The zero-order valence-corrected chi connectivity index (χ0v) is 23.7. The minimum atomic E-state index is -0.760. The Hall–Kier alpha value is -3.19. The lowest BCUT2D eigenvalue weighted by molar-refractivity contribution is -0.120. The van der Waals surface area contributed by atoms with Gasteiger partial charge < -0.3 is 21.7 Å². The predicted octanol–water partition coefficient (Wildman–Crippen LogP) is 1.91. The van der Waals surface area contributed by atoms with Crippen LogP contribution in [0.15, 0.2) is 18.2 Å². The number of imide groups is 1. The third kappa shape index (κ3) is 5.80. The Morgan fingerprint density at radius 1 is 1.12 bits per heavy atom. The number of carbonyl (C=O) groups is 3. The number of urea groups is 1. The molecular formula is C26H33Cl2N9O3. The summed E-state index contributed by atoms with van der Waals surface area (Å²) >= 11 is 12.6. The molecule has 12 nitrogen and oxygen atoms in total. The van der Waals surface area contributed by atoms with Gasteiger partial charge >= 0.3 is 6.03 Å². The number of aromatic nitrogens is 2. The molecule has 1 unspecified atom stereocenters. The van der Waals surface area contributed by atoms with Crippen molar-refractivity contribution in [2.75, 3.05) is 43.4 Å². The van der Waals surface area contributed by atoms with Gasteiger partial charge in [0.1, 0.15) is 6.04 Å². The van der Waals surface area contributed by atoms with Crippen LogP contribution >= 0.6 is 23.2 Å². The number of piperidine rings is 1. The van der Waals surface area contributed by atoms with Crippen molar-refractivity contribution in [1.29, 1.82) is 0 Å². The minimum absolute atomic E-state index is 0.0189. The van der Waals surface area contributed by atoms with E-state index in [1.54, 1.807) is 6.07 Å². The molecule has 4 amide bonds. The second-order valence-corrected chi connectivity index (χ2v) is 11.2. The molecule has 0 bridgehead atoms. The van der Waals surface area contributed by atoms with E-state index in [9.17, 15) is 14.4 Å². The molecule has 3 aliphatic rings. The Labute approximate surface area is 242 Å². The van der Waals surface area contributed by atoms with Crippen LogP contribution in [0.25, 0.3) is 0 Å². The largest absolute Gasteiger partial charge is 0.382 e. The van der Waals surface area contributed by atoms with Gasteiger partial charge in [0, 0.05) is 43.3 Å². The van der Waals surface area contributed by atoms with Crippen molar-refractivity contribution >= 4 is 52.7 Å². The van der Waals surface area contributed by atoms with Gasteiger partial charge in [0.15, 0.2) is 22.5 Å². The van der Waals surface area contributed by atoms with Crippen molar-refractivity contribution in [3.63, 3.8) is 0 Å². The normalized spacial score (nSPS) is 22.8. The average Bonchev–Trinajstić information content (AvgIpc) is 3.28. The average molecular weight is 591 g/mol. The summed E-state index contributed by atoms with van der Waals surface area (Å²) in [7, 11) is 0. The molecule has 0 radical (unpaired) electrons. The summed E-state index contributed by atoms with van der Waals surface area (Å²) in [4.78, 5) is 51.0. The summed E-state index contributed by atoms with van der Waals surface area (Å²) in [6.07, 6.45) is 2.99. The van der Waals surface area contributed by atoms with Gasteiger partial charge in [-0.25, -0.2) is 14.8 Å². The zero-order chi connectivity index (χ0) is 28.6. The summed E-state index contributed by atoms with van der Waals surface area (Å²) < 4.78 is 0. The van der Waals surface area contributed by atoms with E-state index in [0.717, 1.165) is 56.6 Å². The third-order valence-electron chi connectivity index (χ3n) is 8.01. The minimum Gasteiger partial charge on any atom is -0.382 e. The number of nitrogens with two attached hydrogens (primary N) is 2. The fourth-order valence-corrected chi connectivity index (χ4v) is 6.40. The van der Waals surface area contributed by atoms with Crippen molar-refractivity contribution < 1.29 is 14.4 Å². The van der Waals surface area contributed by atoms with Gasteiger partial charge in [-0.1, -0.05) is 36.2 Å². The molecule has 6 N–H and O–H groups in total. The van der Waals surface area contributed by atoms with Crippen molar-refractivity contribution in [1.82, 2.24) is 30.4 Å². The molecular weight excluding hydrogens is 557 g/mol. The van der Waals surface area contributed by atoms with Gasteiger partial charge in [0.05, 0.1) is 0 Å². The zero-order valence-electron chi connectivity index (χ0n) is 22.2. The number of piperazine rings is 1. The fourth-order valence-electron chi connectivity index (χ4n) is 5.97. The van der Waals surface area contributed by atoms with Gasteiger partial charge in [-0.3, -0.25) is 24.7 Å². The number of anilines is 2. The number of benzene rings is 1. The first-order chi connectivity index (χ1) is 19.1. The van der Waals surface area contributed by atoms with Crippen LogP contribution in [0.5, 0.6) is 0 Å². The molecule has 0 spiro atoms. The molecule has 214 valence electrons. The molecule has 0 saturated carbocycles. The molecule has 5 rings (SSSR count). The summed E-state index contributed by atoms with van der Waals surface area (Å²) in [6.45, 7) is 6.95. The van der Waals surface area contributed by atoms with Gasteiger partial charge in [-0.15, -0.1) is 0 Å². The second-order valence-electron chi connectivity index (χ2n) is 10.4. The van der Waals surface area contributed by atoms with E-state index < -0.39 is 18.0 Å². The molecule has 3 fully saturated rings. The number of rotatable bonds is 7. The van der Waals surface area contributed by atoms with Crippen molar-refractivity contribution in [2.24, 2.45) is 5.73 Å². The first-order valence-corrected chi connectivity index (χ1v) is 14.2. The number of hydrogen-bond donors (Lipinski definition) is 4. The molecule has 40 heavy (non-hydrogen) atoms. The first-order valence-electron chi connectivity index (χ1n) is 13.4. The Kier molecular flexibility index (Phi) is 8.31. The van der Waals surface area contributed by atoms with Gasteiger partial charge in [-0.05, 0) is 55.6 Å². The Bertz CT molecular complexity index is 1320. The van der Waals surface area contributed by atoms with E-state index in [2.05, 4.69) is 42.2 Å². The van der Waals surface area contributed by atoms with Crippen LogP contribution < -0.4 is 27.0 Å². The number of hydrogen-bond acceptors (Lipinski definition) is 9. The number of amides is 4. The lowest BCUT2D eigenvalue weighted by Crippen LogP contribution is -2.58. The number of likely N-dealkylation sites (tertiary alicyclic amines) is 1. The Balaban J connectivity index is 1.21. The van der Waals surface area contributed by atoms with E-state index in [-0.39, 0.29) is 22.6 Å². The van der Waals surface area contributed by atoms with Gasteiger partial charge in [0.25, 0.3) is 11.8 Å². The predicted molar refractivity (Wildman–Crippen MR) is 152 cm³/mol. The molecule has 1 aromatic carbocycles. The molecule has 2 atom stereocenters. The lowest BCUT2D eigenvalue weighted by atomic mass is 9.96. The third-order valence-corrected chi connectivity index (χ3v) is 8.50. The first kappa shape index (κ1) is 28.3. The molecule has 0 aliphatic carbocycles. The van der Waals surface area contributed by atoms with Gasteiger partial charge in [-0.2, -0.15) is 0 Å². The monoisotopic (exact) mass is 589 g/mol. The van der Waals surface area contributed by atoms with Crippen molar-refractivity contribution in [3.05, 3.63) is 45.2 Å². The molecule has 2 aromatic rings. The highest BCUT2D eigenvalue weighted by Gasteiger charge is 2.36. The number of halogens is 2. The summed E-state index contributed by atoms with van der Waals surface area (Å²) in [5.74, 6) is -0.669. The Morgan fingerprint density at radius 2 is 1.88 bits per heavy atom. The maximum atomic E-state index is 12.3. The maximum absolute atomic E-state index is 12.3. The van der Waals surface area contributed by atoms with Crippen LogP contribution in [0.3, 0.4) is 0 Å². The highest BCUT2D eigenvalue weighted by Crippen LogP contribution is 2.31. The maximum Gasteiger partial charge on any atom is 0.322 e. The Morgan fingerprint density at radius 3 is 2.52 bits per heavy atom. The number of nitrogens with one attached hydrogen (secondary N) is 2. The number of carbonyl (C=O) groups excluding carboxylic acids is 3. The van der Waals surface area contributed by atoms with Crippen LogP contribution in [0.2, 0.25) is 10.2 Å². The van der Waals surface area contributed by atoms with E-state index >= 15 is 0 Å². The molecule has 4 heterocycles. The second kappa shape index (κ2) is 11.7. The topological polar surface area (TPSA) is 163 Å². The van der Waals surface area contributed by atoms with Crippen LogP contribution in [0, 0.1) is 0 Å². The number of nitrogen functional groups attached to an aromatic ring is 1. The van der Waals surface area contributed by atoms with Crippen molar-refractivity contribution in [3.8, 4) is 0 Å². The molecule has 3 saturated heterocycles. The highest BCUT2D eigenvalue weighted by atomic mass is 35.5. The lowest BCUT2D eigenvalue weighted by Gasteiger charge is -2.47. The standard InChI is InChI=1S/C26H33Cl2N9O3/c1-2-16-13-36(24-21(28)31-20(23(30)38)22(29)33-24)9-10-37(16)17-5-7-35(8-6-17)12-14-3-4-15(27)11-18(14)19-25(39)34-26(40)32-19/h3-4,11,16-17,19H,2,5-10,12-13H2,1H3,(H2,29,33)(H2,30,38)(H2,32,34,39,40)/t16-,19?/m0/s1. The highest BCUT2D eigenvalue weighted by molar-refractivity contribution is 6.32. The van der Waals surface area contributed by atoms with Crippen LogP contribution in [-0.4, -0.2) is 82.4 Å². The molecule has 14 heteroatoms. The van der Waals surface area contributed by atoms with Crippen LogP contribution in [0.4, 0.5) is 16.4 Å². The SMILES string of the molecule is CC[C@H]1CN(c2nc(N)c(C(N)=O)nc2Cl)CCN1C1CCN(Cc2ccc(Cl)cc2C2NC(=O)NC2=O)CC1. The van der Waals surface area contributed by atoms with Gasteiger partial charge in [0.2, 0.25) is 0 Å². The fraction of sp³-hybridized carbons (Fsp3) is 0.500. The smallest absolute Gasteiger partial charge is 0.322 e. The van der Waals surface area contributed by atoms with E-state index in [0.29, 0.717) is 36.0 Å². The number of primary amides is 1. The molecule has 1 aromatic heterocycles. The van der Waals surface area contributed by atoms with E-state index in [1.165, 1.54) is 0 Å². The molecule has 3 aliphatic heterocycles. The quantitative estimate of drug-likeness (QED) is 0.353. The van der Waals surface area contributed by atoms with E-state index in [4.69, 9.17) is 34.7 Å². The van der Waals surface area contributed by atoms with Crippen LogP contribution in [0.1, 0.15) is 53.8 Å². The summed E-state index contributed by atoms with van der Waals surface area (Å²) in [6, 6.07) is 5.03. The van der Waals surface area contributed by atoms with Crippen molar-refractivity contribution in [2.45, 2.75) is 50.9 Å². The van der Waals surface area contributed by atoms with Crippen LogP contribution in [-0.2, 0) is 11.3 Å².